The maximum absolute atomic E-state index is 9.78. The first-order valence-corrected chi connectivity index (χ1v) is 10.9. The lowest BCUT2D eigenvalue weighted by molar-refractivity contribution is 0.303. The largest absolute Gasteiger partial charge is 0.487 e. The van der Waals surface area contributed by atoms with Gasteiger partial charge in [-0.1, -0.05) is 57.9 Å². The van der Waals surface area contributed by atoms with Gasteiger partial charge in [0.05, 0.1) is 21.1 Å². The van der Waals surface area contributed by atoms with Crippen molar-refractivity contribution in [3.63, 3.8) is 0 Å². The average molecular weight is 544 g/mol. The van der Waals surface area contributed by atoms with Crippen LogP contribution in [-0.4, -0.2) is 9.97 Å². The number of rotatable bonds is 5. The van der Waals surface area contributed by atoms with Crippen LogP contribution in [0, 0.1) is 11.3 Å². The minimum Gasteiger partial charge on any atom is -0.487 e. The molecule has 1 heterocycles. The van der Waals surface area contributed by atoms with Gasteiger partial charge in [-0.25, -0.2) is 4.98 Å². The van der Waals surface area contributed by atoms with Gasteiger partial charge in [0, 0.05) is 20.6 Å². The van der Waals surface area contributed by atoms with Gasteiger partial charge in [-0.3, -0.25) is 0 Å². The lowest BCUT2D eigenvalue weighted by Gasteiger charge is -2.13. The zero-order valence-corrected chi connectivity index (χ0v) is 19.4. The van der Waals surface area contributed by atoms with E-state index in [-0.39, 0.29) is 0 Å². The topological polar surface area (TPSA) is 61.7 Å². The number of nitrogens with zero attached hydrogens (tertiary/aromatic N) is 2. The van der Waals surface area contributed by atoms with E-state index in [1.807, 2.05) is 60.7 Å². The van der Waals surface area contributed by atoms with Crippen LogP contribution in [0.3, 0.4) is 0 Å². The van der Waals surface area contributed by atoms with Gasteiger partial charge in [0.1, 0.15) is 24.3 Å². The van der Waals surface area contributed by atoms with E-state index >= 15 is 0 Å². The van der Waals surface area contributed by atoms with Crippen LogP contribution in [0.25, 0.3) is 22.7 Å². The fraction of sp³-hybridized carbons (Fsp3) is 0.0435. The second-order valence-electron chi connectivity index (χ2n) is 6.46. The van der Waals surface area contributed by atoms with Gasteiger partial charge in [0.15, 0.2) is 0 Å². The Morgan fingerprint density at radius 3 is 2.67 bits per heavy atom. The maximum atomic E-state index is 9.78. The van der Waals surface area contributed by atoms with Crippen molar-refractivity contribution < 1.29 is 4.74 Å². The van der Waals surface area contributed by atoms with Gasteiger partial charge in [-0.2, -0.15) is 5.26 Å². The highest BCUT2D eigenvalue weighted by Gasteiger charge is 2.14. The predicted molar refractivity (Wildman–Crippen MR) is 127 cm³/mol. The molecule has 0 atom stereocenters. The minimum atomic E-state index is 0.299. The van der Waals surface area contributed by atoms with Gasteiger partial charge < -0.3 is 9.72 Å². The van der Waals surface area contributed by atoms with Crippen LogP contribution in [0.1, 0.15) is 17.0 Å². The summed E-state index contributed by atoms with van der Waals surface area (Å²) < 4.78 is 7.71. The summed E-state index contributed by atoms with van der Waals surface area (Å²) in [6, 6.07) is 21.2. The Morgan fingerprint density at radius 1 is 1.13 bits per heavy atom. The molecule has 0 aliphatic rings. The van der Waals surface area contributed by atoms with E-state index < -0.39 is 0 Å². The van der Waals surface area contributed by atoms with Crippen LogP contribution in [-0.2, 0) is 6.61 Å². The normalized spacial score (nSPS) is 11.5. The summed E-state index contributed by atoms with van der Waals surface area (Å²) in [5.74, 6) is 1.12. The first-order chi connectivity index (χ1) is 14.5. The molecule has 0 amide bonds. The summed E-state index contributed by atoms with van der Waals surface area (Å²) in [7, 11) is 0. The quantitative estimate of drug-likeness (QED) is 0.267. The number of para-hydroxylation sites is 2. The van der Waals surface area contributed by atoms with Crippen molar-refractivity contribution in [2.24, 2.45) is 0 Å². The summed E-state index contributed by atoms with van der Waals surface area (Å²) in [5, 5.41) is 10.4. The molecule has 0 bridgehead atoms. The minimum absolute atomic E-state index is 0.299. The van der Waals surface area contributed by atoms with E-state index in [2.05, 4.69) is 47.9 Å². The number of ether oxygens (including phenoxy) is 1. The molecule has 30 heavy (non-hydrogen) atoms. The Kier molecular flexibility index (Phi) is 6.24. The fourth-order valence-corrected chi connectivity index (χ4v) is 4.56. The van der Waals surface area contributed by atoms with Crippen LogP contribution in [0.5, 0.6) is 5.75 Å². The van der Waals surface area contributed by atoms with Gasteiger partial charge >= 0.3 is 0 Å². The third-order valence-electron chi connectivity index (χ3n) is 4.43. The SMILES string of the molecule is N#C/C(=C\c1cc(Br)cc(Br)c1OCc1ccccc1Cl)c1nc2ccccc2[nH]1. The molecule has 1 N–H and O–H groups in total. The maximum Gasteiger partial charge on any atom is 0.149 e. The fourth-order valence-electron chi connectivity index (χ4n) is 2.99. The van der Waals surface area contributed by atoms with Crippen molar-refractivity contribution >= 4 is 66.1 Å². The molecule has 0 spiro atoms. The van der Waals surface area contributed by atoms with Crippen LogP contribution in [0.15, 0.2) is 69.6 Å². The molecule has 3 aromatic carbocycles. The Labute approximate surface area is 195 Å². The highest BCUT2D eigenvalue weighted by Crippen LogP contribution is 2.36. The first-order valence-electron chi connectivity index (χ1n) is 8.97. The molecular formula is C23H14Br2ClN3O. The number of aromatic nitrogens is 2. The molecule has 1 aromatic heterocycles. The number of imidazole rings is 1. The molecule has 148 valence electrons. The van der Waals surface area contributed by atoms with Crippen LogP contribution in [0.2, 0.25) is 5.02 Å². The number of H-pyrrole nitrogens is 1. The second-order valence-corrected chi connectivity index (χ2v) is 8.64. The molecule has 0 aliphatic carbocycles. The number of nitrogens with one attached hydrogen (secondary N) is 1. The molecule has 0 saturated heterocycles. The van der Waals surface area contributed by atoms with Crippen molar-refractivity contribution in [1.29, 1.82) is 5.26 Å². The zero-order valence-electron chi connectivity index (χ0n) is 15.5. The third kappa shape index (κ3) is 4.44. The van der Waals surface area contributed by atoms with Crippen LogP contribution < -0.4 is 4.74 Å². The highest BCUT2D eigenvalue weighted by molar-refractivity contribution is 9.11. The number of hydrogen-bond donors (Lipinski definition) is 1. The molecule has 4 rings (SSSR count). The molecule has 7 heteroatoms. The zero-order chi connectivity index (χ0) is 21.1. The van der Waals surface area contributed by atoms with E-state index in [1.165, 1.54) is 0 Å². The lowest BCUT2D eigenvalue weighted by Crippen LogP contribution is -1.99. The number of nitriles is 1. The van der Waals surface area contributed by atoms with Crippen LogP contribution >= 0.6 is 43.5 Å². The molecular weight excluding hydrogens is 530 g/mol. The van der Waals surface area contributed by atoms with Gasteiger partial charge in [0.2, 0.25) is 0 Å². The molecule has 0 fully saturated rings. The van der Waals surface area contributed by atoms with Gasteiger partial charge in [-0.05, 0) is 52.3 Å². The van der Waals surface area contributed by atoms with Crippen molar-refractivity contribution in [2.75, 3.05) is 0 Å². The first kappa shape index (κ1) is 20.7. The van der Waals surface area contributed by atoms with Crippen molar-refractivity contribution in [1.82, 2.24) is 9.97 Å². The Balaban J connectivity index is 1.73. The Bertz CT molecular complexity index is 1270. The summed E-state index contributed by atoms with van der Waals surface area (Å²) in [4.78, 5) is 7.73. The molecule has 4 aromatic rings. The van der Waals surface area contributed by atoms with Gasteiger partial charge in [-0.15, -0.1) is 0 Å². The standard InChI is InChI=1S/C23H14Br2ClN3O/c24-17-10-15(9-16(12-27)23-28-20-7-3-4-8-21(20)29-23)22(18(25)11-17)30-13-14-5-1-2-6-19(14)26/h1-11H,13H2,(H,28,29)/b16-9+. The van der Waals surface area contributed by atoms with Crippen molar-refractivity contribution in [3.8, 4) is 11.8 Å². The number of benzene rings is 3. The van der Waals surface area contributed by atoms with Crippen molar-refractivity contribution in [2.45, 2.75) is 6.61 Å². The summed E-state index contributed by atoms with van der Waals surface area (Å²) in [6.07, 6.45) is 1.76. The predicted octanol–water partition coefficient (Wildman–Crippen LogP) is 7.38. The van der Waals surface area contributed by atoms with E-state index in [9.17, 15) is 5.26 Å². The smallest absolute Gasteiger partial charge is 0.149 e. The summed E-state index contributed by atoms with van der Waals surface area (Å²) in [6.45, 7) is 0.299. The third-order valence-corrected chi connectivity index (χ3v) is 5.85. The molecule has 0 unspecified atom stereocenters. The highest BCUT2D eigenvalue weighted by atomic mass is 79.9. The monoisotopic (exact) mass is 541 g/mol. The Hall–Kier alpha value is -2.59. The van der Waals surface area contributed by atoms with E-state index in [0.29, 0.717) is 28.8 Å². The number of halogens is 3. The van der Waals surface area contributed by atoms with E-state index in [0.717, 1.165) is 31.1 Å². The number of fused-ring (bicyclic) bond motifs is 1. The summed E-state index contributed by atoms with van der Waals surface area (Å²) in [5.41, 5.74) is 3.69. The molecule has 0 aliphatic heterocycles. The summed E-state index contributed by atoms with van der Waals surface area (Å²) >= 11 is 13.3. The molecule has 0 saturated carbocycles. The number of aromatic amines is 1. The number of allylic oxidation sites excluding steroid dienone is 1. The number of hydrogen-bond acceptors (Lipinski definition) is 3. The van der Waals surface area contributed by atoms with Crippen molar-refractivity contribution in [3.05, 3.63) is 91.6 Å². The van der Waals surface area contributed by atoms with E-state index in [4.69, 9.17) is 16.3 Å². The lowest BCUT2D eigenvalue weighted by atomic mass is 10.1. The average Bonchev–Trinajstić information content (AvgIpc) is 3.16. The van der Waals surface area contributed by atoms with Gasteiger partial charge in [0.25, 0.3) is 0 Å². The molecule has 0 radical (unpaired) electrons. The van der Waals surface area contributed by atoms with Crippen LogP contribution in [0.4, 0.5) is 0 Å². The molecule has 4 nitrogen and oxygen atoms in total. The Morgan fingerprint density at radius 2 is 1.90 bits per heavy atom. The second kappa shape index (κ2) is 9.05. The van der Waals surface area contributed by atoms with E-state index in [1.54, 1.807) is 6.08 Å².